The molecule has 0 saturated carbocycles. The normalized spacial score (nSPS) is 13.9. The fourth-order valence-corrected chi connectivity index (χ4v) is 1.76. The highest BCUT2D eigenvalue weighted by Gasteiger charge is 2.16. The smallest absolute Gasteiger partial charge is 0.0664 e. The highest BCUT2D eigenvalue weighted by molar-refractivity contribution is 4.71. The summed E-state index contributed by atoms with van der Waals surface area (Å²) < 4.78 is 0. The van der Waals surface area contributed by atoms with Gasteiger partial charge in [0.15, 0.2) is 0 Å². The Kier molecular flexibility index (Phi) is 8.14. The topological polar surface area (TPSA) is 43.7 Å². The molecular formula is C11H25NO2. The Balaban J connectivity index is 4.10. The lowest BCUT2D eigenvalue weighted by atomic mass is 10.1. The first-order valence-electron chi connectivity index (χ1n) is 5.72. The van der Waals surface area contributed by atoms with Gasteiger partial charge >= 0.3 is 0 Å². The average molecular weight is 203 g/mol. The maximum atomic E-state index is 9.57. The Bertz CT molecular complexity index is 126. The van der Waals surface area contributed by atoms with Crippen molar-refractivity contribution < 1.29 is 10.2 Å². The van der Waals surface area contributed by atoms with Crippen LogP contribution in [0.25, 0.3) is 0 Å². The van der Waals surface area contributed by atoms with Crippen molar-refractivity contribution in [2.24, 2.45) is 0 Å². The molecule has 1 atom stereocenters. The minimum absolute atomic E-state index is 0.174. The quantitative estimate of drug-likeness (QED) is 0.624. The summed E-state index contributed by atoms with van der Waals surface area (Å²) in [5, 5.41) is 18.5. The van der Waals surface area contributed by atoms with Gasteiger partial charge in [0, 0.05) is 19.1 Å². The van der Waals surface area contributed by atoms with Gasteiger partial charge in [-0.3, -0.25) is 4.90 Å². The Morgan fingerprint density at radius 3 is 2.00 bits per heavy atom. The molecule has 3 heteroatoms. The summed E-state index contributed by atoms with van der Waals surface area (Å²) in [6, 6.07) is 0.489. The summed E-state index contributed by atoms with van der Waals surface area (Å²) in [5.41, 5.74) is 0. The highest BCUT2D eigenvalue weighted by Crippen LogP contribution is 2.09. The molecule has 2 N–H and O–H groups in total. The van der Waals surface area contributed by atoms with E-state index in [0.717, 1.165) is 19.3 Å². The predicted octanol–water partition coefficient (Wildman–Crippen LogP) is 1.24. The lowest BCUT2D eigenvalue weighted by molar-refractivity contribution is 0.0682. The van der Waals surface area contributed by atoms with Crippen LogP contribution in [-0.2, 0) is 0 Å². The van der Waals surface area contributed by atoms with Crippen molar-refractivity contribution in [2.75, 3.05) is 19.7 Å². The van der Waals surface area contributed by atoms with Gasteiger partial charge in [0.2, 0.25) is 0 Å². The van der Waals surface area contributed by atoms with Gasteiger partial charge in [-0.25, -0.2) is 0 Å². The molecule has 0 fully saturated rings. The fourth-order valence-electron chi connectivity index (χ4n) is 1.76. The average Bonchev–Trinajstić information content (AvgIpc) is 2.19. The molecule has 3 nitrogen and oxygen atoms in total. The third kappa shape index (κ3) is 4.94. The third-order valence-electron chi connectivity index (χ3n) is 2.76. The van der Waals surface area contributed by atoms with E-state index in [9.17, 15) is 5.11 Å². The van der Waals surface area contributed by atoms with Crippen molar-refractivity contribution in [1.29, 1.82) is 0 Å². The molecule has 0 amide bonds. The third-order valence-corrected chi connectivity index (χ3v) is 2.76. The van der Waals surface area contributed by atoms with Crippen LogP contribution in [0.5, 0.6) is 0 Å². The van der Waals surface area contributed by atoms with E-state index in [-0.39, 0.29) is 12.7 Å². The molecule has 0 rings (SSSR count). The van der Waals surface area contributed by atoms with Gasteiger partial charge in [0.1, 0.15) is 0 Å². The molecule has 0 radical (unpaired) electrons. The van der Waals surface area contributed by atoms with Crippen molar-refractivity contribution in [3.8, 4) is 0 Å². The van der Waals surface area contributed by atoms with Gasteiger partial charge in [-0.2, -0.15) is 0 Å². The van der Waals surface area contributed by atoms with Gasteiger partial charge in [0.25, 0.3) is 0 Å². The number of aliphatic hydroxyl groups excluding tert-OH is 2. The molecule has 86 valence electrons. The van der Waals surface area contributed by atoms with Crippen molar-refractivity contribution in [3.05, 3.63) is 0 Å². The molecule has 0 spiro atoms. The molecule has 0 aromatic rings. The summed E-state index contributed by atoms with van der Waals surface area (Å²) >= 11 is 0. The highest BCUT2D eigenvalue weighted by atomic mass is 16.3. The van der Waals surface area contributed by atoms with E-state index in [1.807, 2.05) is 6.92 Å². The number of aliphatic hydroxyl groups is 2. The second kappa shape index (κ2) is 8.21. The van der Waals surface area contributed by atoms with Gasteiger partial charge in [-0.15, -0.1) is 0 Å². The lowest BCUT2D eigenvalue weighted by Crippen LogP contribution is -2.41. The van der Waals surface area contributed by atoms with Crippen LogP contribution in [-0.4, -0.2) is 47.0 Å². The maximum Gasteiger partial charge on any atom is 0.0664 e. The molecule has 0 saturated heterocycles. The SMILES string of the molecule is CCC(O)CN(CCO)C(CC)CC. The molecular weight excluding hydrogens is 178 g/mol. The molecule has 0 bridgehead atoms. The molecule has 1 unspecified atom stereocenters. The van der Waals surface area contributed by atoms with Crippen molar-refractivity contribution in [2.45, 2.75) is 52.2 Å². The molecule has 0 aromatic heterocycles. The van der Waals surface area contributed by atoms with E-state index in [1.165, 1.54) is 0 Å². The van der Waals surface area contributed by atoms with Crippen molar-refractivity contribution >= 4 is 0 Å². The molecule has 0 aliphatic heterocycles. The molecule has 0 aliphatic carbocycles. The molecule has 0 heterocycles. The van der Waals surface area contributed by atoms with Gasteiger partial charge in [-0.1, -0.05) is 20.8 Å². The Morgan fingerprint density at radius 1 is 1.07 bits per heavy atom. The minimum Gasteiger partial charge on any atom is -0.395 e. The first-order valence-corrected chi connectivity index (χ1v) is 5.72. The second-order valence-corrected chi connectivity index (χ2v) is 3.75. The van der Waals surface area contributed by atoms with Crippen molar-refractivity contribution in [1.82, 2.24) is 4.90 Å². The van der Waals surface area contributed by atoms with E-state index in [2.05, 4.69) is 18.7 Å². The monoisotopic (exact) mass is 203 g/mol. The number of hydrogen-bond donors (Lipinski definition) is 2. The van der Waals surface area contributed by atoms with E-state index in [1.54, 1.807) is 0 Å². The number of rotatable bonds is 8. The summed E-state index contributed by atoms with van der Waals surface area (Å²) in [5.74, 6) is 0. The summed E-state index contributed by atoms with van der Waals surface area (Å²) in [4.78, 5) is 2.19. The zero-order valence-electron chi connectivity index (χ0n) is 9.74. The van der Waals surface area contributed by atoms with Crippen LogP contribution < -0.4 is 0 Å². The summed E-state index contributed by atoms with van der Waals surface area (Å²) in [6.07, 6.45) is 2.67. The second-order valence-electron chi connectivity index (χ2n) is 3.75. The first kappa shape index (κ1) is 13.9. The Hall–Kier alpha value is -0.120. The van der Waals surface area contributed by atoms with Gasteiger partial charge < -0.3 is 10.2 Å². The summed E-state index contributed by atoms with van der Waals surface area (Å²) in [6.45, 7) is 7.81. The van der Waals surface area contributed by atoms with Crippen LogP contribution in [0.1, 0.15) is 40.0 Å². The van der Waals surface area contributed by atoms with Gasteiger partial charge in [0.05, 0.1) is 12.7 Å². The Labute approximate surface area is 87.7 Å². The van der Waals surface area contributed by atoms with E-state index in [0.29, 0.717) is 19.1 Å². The number of hydrogen-bond acceptors (Lipinski definition) is 3. The van der Waals surface area contributed by atoms with Crippen LogP contribution in [0.2, 0.25) is 0 Å². The van der Waals surface area contributed by atoms with E-state index < -0.39 is 0 Å². The van der Waals surface area contributed by atoms with Crippen LogP contribution in [0.4, 0.5) is 0 Å². The standard InChI is InChI=1S/C11H25NO2/c1-4-10(5-2)12(7-8-13)9-11(14)6-3/h10-11,13-14H,4-9H2,1-3H3. The van der Waals surface area contributed by atoms with Gasteiger partial charge in [-0.05, 0) is 19.3 Å². The number of nitrogens with zero attached hydrogens (tertiary/aromatic N) is 1. The van der Waals surface area contributed by atoms with Crippen LogP contribution in [0, 0.1) is 0 Å². The molecule has 0 aliphatic rings. The molecule has 14 heavy (non-hydrogen) atoms. The van der Waals surface area contributed by atoms with E-state index >= 15 is 0 Å². The first-order chi connectivity index (χ1) is 6.69. The zero-order valence-corrected chi connectivity index (χ0v) is 9.74. The lowest BCUT2D eigenvalue weighted by Gasteiger charge is -2.31. The van der Waals surface area contributed by atoms with Crippen LogP contribution in [0.15, 0.2) is 0 Å². The predicted molar refractivity (Wildman–Crippen MR) is 59.3 cm³/mol. The summed E-state index contributed by atoms with van der Waals surface area (Å²) in [7, 11) is 0. The zero-order chi connectivity index (χ0) is 11.0. The fraction of sp³-hybridized carbons (Fsp3) is 1.00. The molecule has 0 aromatic carbocycles. The van der Waals surface area contributed by atoms with Crippen LogP contribution in [0.3, 0.4) is 0 Å². The van der Waals surface area contributed by atoms with E-state index in [4.69, 9.17) is 5.11 Å². The minimum atomic E-state index is -0.262. The van der Waals surface area contributed by atoms with Crippen LogP contribution >= 0.6 is 0 Å². The Morgan fingerprint density at radius 2 is 1.64 bits per heavy atom. The largest absolute Gasteiger partial charge is 0.395 e. The van der Waals surface area contributed by atoms with Crippen molar-refractivity contribution in [3.63, 3.8) is 0 Å². The maximum absolute atomic E-state index is 9.57.